The van der Waals surface area contributed by atoms with Crippen LogP contribution in [0.15, 0.2) is 0 Å². The van der Waals surface area contributed by atoms with Crippen molar-refractivity contribution in [2.75, 3.05) is 66.1 Å². The first kappa shape index (κ1) is 23.0. The Morgan fingerprint density at radius 3 is 2.00 bits per heavy atom. The molecular weight excluding hydrogens is 324 g/mol. The van der Waals surface area contributed by atoms with Crippen molar-refractivity contribution >= 4 is 6.16 Å². The van der Waals surface area contributed by atoms with E-state index in [1.54, 1.807) is 0 Å². The van der Waals surface area contributed by atoms with Gasteiger partial charge in [0.25, 0.3) is 0 Å². The molecule has 1 atom stereocenters. The molecule has 0 amide bonds. The monoisotopic (exact) mass is 354 g/mol. The molecule has 0 aliphatic heterocycles. The van der Waals surface area contributed by atoms with Gasteiger partial charge in [-0.1, -0.05) is 0 Å². The minimum Gasteiger partial charge on any atom is -0.450 e. The van der Waals surface area contributed by atoms with Gasteiger partial charge in [0.15, 0.2) is 0 Å². The molecule has 0 aromatic heterocycles. The summed E-state index contributed by atoms with van der Waals surface area (Å²) in [6, 6.07) is 0. The summed E-state index contributed by atoms with van der Waals surface area (Å²) in [5.74, 6) is 0. The minimum atomic E-state index is -1.33. The lowest BCUT2D eigenvalue weighted by molar-refractivity contribution is -0.0724. The van der Waals surface area contributed by atoms with Crippen LogP contribution < -0.4 is 0 Å². The summed E-state index contributed by atoms with van der Waals surface area (Å²) in [4.78, 5) is 10.2. The highest BCUT2D eigenvalue weighted by Gasteiger charge is 2.10. The second-order valence-corrected chi connectivity index (χ2v) is 4.88. The van der Waals surface area contributed by atoms with Gasteiger partial charge >= 0.3 is 6.16 Å². The molecule has 0 saturated heterocycles. The topological polar surface area (TPSA) is 124 Å². The molecule has 9 heteroatoms. The Balaban J connectivity index is 3.76. The van der Waals surface area contributed by atoms with Gasteiger partial charge in [0, 0.05) is 26.4 Å². The summed E-state index contributed by atoms with van der Waals surface area (Å²) in [6.45, 7) is 2.74. The van der Waals surface area contributed by atoms with E-state index in [1.807, 2.05) is 0 Å². The van der Waals surface area contributed by atoms with E-state index in [1.165, 1.54) is 0 Å². The van der Waals surface area contributed by atoms with Gasteiger partial charge in [-0.3, -0.25) is 0 Å². The lowest BCUT2D eigenvalue weighted by Gasteiger charge is -2.18. The van der Waals surface area contributed by atoms with Crippen LogP contribution in [0.3, 0.4) is 0 Å². The number of unbranched alkanes of at least 4 members (excludes halogenated alkanes) is 1. The average Bonchev–Trinajstić information content (AvgIpc) is 2.56. The molecular formula is C15H30O9. The molecule has 0 radical (unpaired) electrons. The molecule has 0 rings (SSSR count). The molecule has 0 aliphatic rings. The van der Waals surface area contributed by atoms with E-state index in [2.05, 4.69) is 4.74 Å². The molecule has 0 aliphatic carbocycles. The standard InChI is InChI=1S/C15H30O9/c16-4-1-2-7-23-14(13-22-10-11-24-15(18)19)12-21-9-8-20-6-3-5-17/h14,16-17H,1-13H2,(H,18,19). The fourth-order valence-electron chi connectivity index (χ4n) is 1.61. The number of carboxylic acid groups (broad SMARTS) is 1. The van der Waals surface area contributed by atoms with Crippen LogP contribution in [0.25, 0.3) is 0 Å². The van der Waals surface area contributed by atoms with Gasteiger partial charge in [-0.15, -0.1) is 0 Å². The Hall–Kier alpha value is -0.970. The zero-order chi connectivity index (χ0) is 17.9. The van der Waals surface area contributed by atoms with Crippen molar-refractivity contribution in [2.45, 2.75) is 25.4 Å². The van der Waals surface area contributed by atoms with Crippen molar-refractivity contribution in [3.8, 4) is 0 Å². The van der Waals surface area contributed by atoms with Crippen molar-refractivity contribution in [2.24, 2.45) is 0 Å². The van der Waals surface area contributed by atoms with Crippen molar-refractivity contribution in [1.29, 1.82) is 0 Å². The fraction of sp³-hybridized carbons (Fsp3) is 0.933. The summed E-state index contributed by atoms with van der Waals surface area (Å²) in [7, 11) is 0. The van der Waals surface area contributed by atoms with E-state index >= 15 is 0 Å². The van der Waals surface area contributed by atoms with Gasteiger partial charge in [-0.25, -0.2) is 4.79 Å². The lowest BCUT2D eigenvalue weighted by atomic mass is 10.3. The average molecular weight is 354 g/mol. The van der Waals surface area contributed by atoms with E-state index in [0.29, 0.717) is 45.9 Å². The van der Waals surface area contributed by atoms with E-state index in [0.717, 1.165) is 6.42 Å². The van der Waals surface area contributed by atoms with E-state index in [-0.39, 0.29) is 39.1 Å². The first-order valence-corrected chi connectivity index (χ1v) is 8.13. The van der Waals surface area contributed by atoms with Crippen LogP contribution >= 0.6 is 0 Å². The summed E-state index contributed by atoms with van der Waals surface area (Å²) >= 11 is 0. The third-order valence-electron chi connectivity index (χ3n) is 2.79. The van der Waals surface area contributed by atoms with Gasteiger partial charge in [-0.2, -0.15) is 0 Å². The maximum absolute atomic E-state index is 10.2. The van der Waals surface area contributed by atoms with Crippen LogP contribution in [0.2, 0.25) is 0 Å². The number of aliphatic hydroxyl groups is 2. The van der Waals surface area contributed by atoms with E-state index < -0.39 is 6.16 Å². The molecule has 144 valence electrons. The van der Waals surface area contributed by atoms with Crippen LogP contribution in [-0.4, -0.2) is 93.6 Å². The second kappa shape index (κ2) is 18.4. The highest BCUT2D eigenvalue weighted by Crippen LogP contribution is 1.99. The Morgan fingerprint density at radius 1 is 0.750 bits per heavy atom. The van der Waals surface area contributed by atoms with E-state index in [9.17, 15) is 4.79 Å². The zero-order valence-corrected chi connectivity index (χ0v) is 14.1. The minimum absolute atomic E-state index is 0.0356. The molecule has 0 heterocycles. The summed E-state index contributed by atoms with van der Waals surface area (Å²) in [6.07, 6.45) is 0.382. The Bertz CT molecular complexity index is 276. The summed E-state index contributed by atoms with van der Waals surface area (Å²) < 4.78 is 26.0. The summed E-state index contributed by atoms with van der Waals surface area (Å²) in [5.41, 5.74) is 0. The molecule has 0 bridgehead atoms. The predicted molar refractivity (Wildman–Crippen MR) is 84.2 cm³/mol. The molecule has 0 aromatic rings. The van der Waals surface area contributed by atoms with Crippen molar-refractivity contribution in [3.63, 3.8) is 0 Å². The van der Waals surface area contributed by atoms with Gasteiger partial charge in [0.1, 0.15) is 12.7 Å². The normalized spacial score (nSPS) is 12.2. The first-order valence-electron chi connectivity index (χ1n) is 8.13. The fourth-order valence-corrected chi connectivity index (χ4v) is 1.61. The van der Waals surface area contributed by atoms with Crippen LogP contribution in [0.5, 0.6) is 0 Å². The second-order valence-electron chi connectivity index (χ2n) is 4.88. The number of aliphatic hydroxyl groups excluding tert-OH is 2. The first-order chi connectivity index (χ1) is 11.7. The zero-order valence-electron chi connectivity index (χ0n) is 14.1. The number of carbonyl (C=O) groups is 1. The van der Waals surface area contributed by atoms with Crippen LogP contribution in [-0.2, 0) is 23.7 Å². The number of hydrogen-bond donors (Lipinski definition) is 3. The lowest BCUT2D eigenvalue weighted by Crippen LogP contribution is -2.28. The van der Waals surface area contributed by atoms with E-state index in [4.69, 9.17) is 34.3 Å². The molecule has 0 saturated carbocycles. The molecule has 0 fully saturated rings. The van der Waals surface area contributed by atoms with Crippen LogP contribution in [0.1, 0.15) is 19.3 Å². The van der Waals surface area contributed by atoms with Crippen LogP contribution in [0.4, 0.5) is 4.79 Å². The Labute approximate surface area is 142 Å². The highest BCUT2D eigenvalue weighted by atomic mass is 16.7. The maximum Gasteiger partial charge on any atom is 0.505 e. The number of ether oxygens (including phenoxy) is 5. The van der Waals surface area contributed by atoms with Gasteiger partial charge in [0.2, 0.25) is 0 Å². The summed E-state index contributed by atoms with van der Waals surface area (Å²) in [5, 5.41) is 25.7. The third-order valence-corrected chi connectivity index (χ3v) is 2.79. The highest BCUT2D eigenvalue weighted by molar-refractivity contribution is 5.56. The van der Waals surface area contributed by atoms with Crippen molar-refractivity contribution in [3.05, 3.63) is 0 Å². The maximum atomic E-state index is 10.2. The SMILES string of the molecule is O=C(O)OCCOCC(COCCOCCCO)OCCCCO. The third kappa shape index (κ3) is 17.4. The van der Waals surface area contributed by atoms with Gasteiger partial charge in [0.05, 0.1) is 33.0 Å². The quantitative estimate of drug-likeness (QED) is 0.235. The molecule has 0 aromatic carbocycles. The molecule has 1 unspecified atom stereocenters. The van der Waals surface area contributed by atoms with Crippen LogP contribution in [0, 0.1) is 0 Å². The van der Waals surface area contributed by atoms with Gasteiger partial charge < -0.3 is 39.0 Å². The molecule has 9 nitrogen and oxygen atoms in total. The largest absolute Gasteiger partial charge is 0.505 e. The molecule has 3 N–H and O–H groups in total. The number of rotatable bonds is 18. The Morgan fingerprint density at radius 2 is 1.38 bits per heavy atom. The molecule has 0 spiro atoms. The smallest absolute Gasteiger partial charge is 0.450 e. The van der Waals surface area contributed by atoms with Crippen molar-refractivity contribution in [1.82, 2.24) is 0 Å². The van der Waals surface area contributed by atoms with Crippen molar-refractivity contribution < 1.29 is 43.8 Å². The Kier molecular flexibility index (Phi) is 17.6. The van der Waals surface area contributed by atoms with Gasteiger partial charge in [-0.05, 0) is 19.3 Å². The predicted octanol–water partition coefficient (Wildman–Crippen LogP) is 0.271. The molecule has 24 heavy (non-hydrogen) atoms. The number of hydrogen-bond acceptors (Lipinski definition) is 8.